The lowest BCUT2D eigenvalue weighted by molar-refractivity contribution is -0.143. The maximum absolute atomic E-state index is 10.9. The van der Waals surface area contributed by atoms with Crippen LogP contribution < -0.4 is 0 Å². The van der Waals surface area contributed by atoms with E-state index in [1.54, 1.807) is 0 Å². The molecular formula is C12H22O2. The van der Waals surface area contributed by atoms with E-state index in [2.05, 4.69) is 12.2 Å². The molecule has 2 nitrogen and oxygen atoms in total. The van der Waals surface area contributed by atoms with Crippen LogP contribution in [0.3, 0.4) is 0 Å². The lowest BCUT2D eigenvalue weighted by atomic mass is 10.1. The smallest absolute Gasteiger partial charge is 0.305 e. The van der Waals surface area contributed by atoms with E-state index in [-0.39, 0.29) is 5.97 Å². The van der Waals surface area contributed by atoms with Crippen molar-refractivity contribution in [3.8, 4) is 0 Å². The third-order valence-corrected chi connectivity index (χ3v) is 2.04. The Kier molecular flexibility index (Phi) is 9.71. The van der Waals surface area contributed by atoms with Crippen molar-refractivity contribution < 1.29 is 9.53 Å². The van der Waals surface area contributed by atoms with Crippen molar-refractivity contribution in [3.63, 3.8) is 0 Å². The minimum Gasteiger partial charge on any atom is -0.466 e. The molecule has 0 unspecified atom stereocenters. The number of carbonyl (C=O) groups excluding carboxylic acids is 1. The first-order valence-corrected chi connectivity index (χ1v) is 5.58. The van der Waals surface area contributed by atoms with Gasteiger partial charge in [-0.3, -0.25) is 4.79 Å². The van der Waals surface area contributed by atoms with Gasteiger partial charge in [-0.15, -0.1) is 0 Å². The van der Waals surface area contributed by atoms with Crippen LogP contribution in [0.25, 0.3) is 0 Å². The van der Waals surface area contributed by atoms with Gasteiger partial charge in [0.1, 0.15) is 0 Å². The second-order valence-electron chi connectivity index (χ2n) is 3.33. The molecule has 0 aromatic rings. The zero-order chi connectivity index (χ0) is 10.6. The summed E-state index contributed by atoms with van der Waals surface area (Å²) in [7, 11) is 0. The van der Waals surface area contributed by atoms with Crippen molar-refractivity contribution in [3.05, 3.63) is 12.2 Å². The summed E-state index contributed by atoms with van der Waals surface area (Å²) in [5, 5.41) is 0. The molecule has 14 heavy (non-hydrogen) atoms. The van der Waals surface area contributed by atoms with Gasteiger partial charge in [0.2, 0.25) is 0 Å². The van der Waals surface area contributed by atoms with Crippen molar-refractivity contribution in [2.75, 3.05) is 6.61 Å². The van der Waals surface area contributed by atoms with E-state index in [4.69, 9.17) is 4.74 Å². The first-order chi connectivity index (χ1) is 6.81. The fourth-order valence-electron chi connectivity index (χ4n) is 1.28. The van der Waals surface area contributed by atoms with Crippen LogP contribution >= 0.6 is 0 Å². The molecule has 0 saturated carbocycles. The van der Waals surface area contributed by atoms with Crippen molar-refractivity contribution in [2.45, 2.75) is 52.4 Å². The minimum atomic E-state index is -0.0547. The van der Waals surface area contributed by atoms with Gasteiger partial charge in [-0.1, -0.05) is 25.0 Å². The van der Waals surface area contributed by atoms with Gasteiger partial charge in [0, 0.05) is 6.42 Å². The van der Waals surface area contributed by atoms with Crippen LogP contribution in [0.4, 0.5) is 0 Å². The fourth-order valence-corrected chi connectivity index (χ4v) is 1.28. The zero-order valence-corrected chi connectivity index (χ0v) is 9.42. The standard InChI is InChI=1S/C12H22O2/c1-3-5-6-7-8-9-10-11-12(13)14-4-2/h3,5H,4,6-11H2,1-2H3. The summed E-state index contributed by atoms with van der Waals surface area (Å²) in [5.41, 5.74) is 0. The summed E-state index contributed by atoms with van der Waals surface area (Å²) >= 11 is 0. The molecule has 2 heteroatoms. The average Bonchev–Trinajstić information content (AvgIpc) is 2.17. The van der Waals surface area contributed by atoms with E-state index in [0.29, 0.717) is 13.0 Å². The van der Waals surface area contributed by atoms with Gasteiger partial charge in [0.05, 0.1) is 6.61 Å². The second-order valence-corrected chi connectivity index (χ2v) is 3.33. The molecule has 0 heterocycles. The Hall–Kier alpha value is -0.790. The quantitative estimate of drug-likeness (QED) is 0.339. The first-order valence-electron chi connectivity index (χ1n) is 5.58. The predicted molar refractivity (Wildman–Crippen MR) is 59.1 cm³/mol. The summed E-state index contributed by atoms with van der Waals surface area (Å²) in [6.45, 7) is 4.38. The van der Waals surface area contributed by atoms with Gasteiger partial charge in [-0.25, -0.2) is 0 Å². The summed E-state index contributed by atoms with van der Waals surface area (Å²) in [5.74, 6) is -0.0547. The molecule has 0 atom stereocenters. The van der Waals surface area contributed by atoms with E-state index in [9.17, 15) is 4.79 Å². The van der Waals surface area contributed by atoms with Gasteiger partial charge >= 0.3 is 5.97 Å². The monoisotopic (exact) mass is 198 g/mol. The second kappa shape index (κ2) is 10.3. The van der Waals surface area contributed by atoms with Gasteiger partial charge in [-0.2, -0.15) is 0 Å². The van der Waals surface area contributed by atoms with E-state index >= 15 is 0 Å². The highest BCUT2D eigenvalue weighted by Crippen LogP contribution is 2.06. The highest BCUT2D eigenvalue weighted by atomic mass is 16.5. The molecule has 0 spiro atoms. The molecule has 0 aromatic heterocycles. The number of esters is 1. The zero-order valence-electron chi connectivity index (χ0n) is 9.42. The third-order valence-electron chi connectivity index (χ3n) is 2.04. The molecule has 0 amide bonds. The van der Waals surface area contributed by atoms with Crippen LogP contribution in [0, 0.1) is 0 Å². The summed E-state index contributed by atoms with van der Waals surface area (Å²) in [6.07, 6.45) is 10.6. The Bertz CT molecular complexity index is 162. The van der Waals surface area contributed by atoms with E-state index in [1.165, 1.54) is 12.8 Å². The minimum absolute atomic E-state index is 0.0547. The number of rotatable bonds is 8. The average molecular weight is 198 g/mol. The molecule has 82 valence electrons. The maximum atomic E-state index is 10.9. The number of hydrogen-bond acceptors (Lipinski definition) is 2. The fraction of sp³-hybridized carbons (Fsp3) is 0.750. The number of hydrogen-bond donors (Lipinski definition) is 0. The molecule has 0 radical (unpaired) electrons. The number of unbranched alkanes of at least 4 members (excludes halogenated alkanes) is 4. The van der Waals surface area contributed by atoms with Gasteiger partial charge < -0.3 is 4.74 Å². The van der Waals surface area contributed by atoms with Gasteiger partial charge in [-0.05, 0) is 33.1 Å². The number of ether oxygens (including phenoxy) is 1. The molecule has 0 aliphatic heterocycles. The normalized spacial score (nSPS) is 10.7. The Balaban J connectivity index is 3.09. The van der Waals surface area contributed by atoms with Gasteiger partial charge in [0.25, 0.3) is 0 Å². The molecule has 0 bridgehead atoms. The lowest BCUT2D eigenvalue weighted by Crippen LogP contribution is -2.02. The SMILES string of the molecule is CC=CCCCCCCC(=O)OCC. The highest BCUT2D eigenvalue weighted by Gasteiger charge is 1.99. The number of allylic oxidation sites excluding steroid dienone is 2. The molecule has 0 aromatic carbocycles. The maximum Gasteiger partial charge on any atom is 0.305 e. The van der Waals surface area contributed by atoms with E-state index in [1.807, 2.05) is 13.8 Å². The Morgan fingerprint density at radius 2 is 1.93 bits per heavy atom. The van der Waals surface area contributed by atoms with Crippen LogP contribution in [-0.2, 0) is 9.53 Å². The Morgan fingerprint density at radius 3 is 2.57 bits per heavy atom. The Labute approximate surface area is 87.3 Å². The van der Waals surface area contributed by atoms with Crippen LogP contribution in [0.5, 0.6) is 0 Å². The number of carbonyl (C=O) groups is 1. The molecular weight excluding hydrogens is 176 g/mol. The highest BCUT2D eigenvalue weighted by molar-refractivity contribution is 5.69. The topological polar surface area (TPSA) is 26.3 Å². The van der Waals surface area contributed by atoms with Crippen LogP contribution in [0.1, 0.15) is 52.4 Å². The van der Waals surface area contributed by atoms with Crippen LogP contribution in [0.15, 0.2) is 12.2 Å². The van der Waals surface area contributed by atoms with Crippen molar-refractivity contribution in [1.82, 2.24) is 0 Å². The van der Waals surface area contributed by atoms with Crippen molar-refractivity contribution in [1.29, 1.82) is 0 Å². The summed E-state index contributed by atoms with van der Waals surface area (Å²) < 4.78 is 4.84. The molecule has 0 fully saturated rings. The summed E-state index contributed by atoms with van der Waals surface area (Å²) in [6, 6.07) is 0. The molecule has 0 aliphatic carbocycles. The first kappa shape index (κ1) is 13.2. The van der Waals surface area contributed by atoms with E-state index in [0.717, 1.165) is 19.3 Å². The lowest BCUT2D eigenvalue weighted by Gasteiger charge is -2.01. The van der Waals surface area contributed by atoms with Crippen LogP contribution in [0.2, 0.25) is 0 Å². The largest absolute Gasteiger partial charge is 0.466 e. The molecule has 0 rings (SSSR count). The predicted octanol–water partition coefficient (Wildman–Crippen LogP) is 3.47. The molecule has 0 saturated heterocycles. The van der Waals surface area contributed by atoms with E-state index < -0.39 is 0 Å². The third kappa shape index (κ3) is 9.30. The molecule has 0 aliphatic rings. The van der Waals surface area contributed by atoms with Crippen molar-refractivity contribution in [2.24, 2.45) is 0 Å². The van der Waals surface area contributed by atoms with Crippen LogP contribution in [-0.4, -0.2) is 12.6 Å². The van der Waals surface area contributed by atoms with Crippen molar-refractivity contribution >= 4 is 5.97 Å². The summed E-state index contributed by atoms with van der Waals surface area (Å²) in [4.78, 5) is 10.9. The Morgan fingerprint density at radius 1 is 1.21 bits per heavy atom. The molecule has 0 N–H and O–H groups in total. The van der Waals surface area contributed by atoms with Gasteiger partial charge in [0.15, 0.2) is 0 Å².